The number of nitrogens with one attached hydrogen (secondary N) is 1. The van der Waals surface area contributed by atoms with Gasteiger partial charge in [-0.25, -0.2) is 8.42 Å². The fourth-order valence-electron chi connectivity index (χ4n) is 3.23. The average Bonchev–Trinajstić information content (AvgIpc) is 3.02. The van der Waals surface area contributed by atoms with Gasteiger partial charge >= 0.3 is 0 Å². The molecule has 0 fully saturated rings. The van der Waals surface area contributed by atoms with Crippen molar-refractivity contribution >= 4 is 39.1 Å². The highest BCUT2D eigenvalue weighted by atomic mass is 35.5. The van der Waals surface area contributed by atoms with Crippen molar-refractivity contribution in [3.63, 3.8) is 0 Å². The number of fused-ring (bicyclic) bond motifs is 1. The topological polar surface area (TPSA) is 106 Å². The van der Waals surface area contributed by atoms with Crippen LogP contribution in [-0.2, 0) is 16.6 Å². The molecule has 8 nitrogen and oxygen atoms in total. The monoisotopic (exact) mass is 457 g/mol. The first-order valence-electron chi connectivity index (χ1n) is 9.06. The number of hydrogen-bond donors (Lipinski definition) is 1. The van der Waals surface area contributed by atoms with Crippen molar-refractivity contribution < 1.29 is 22.7 Å². The zero-order valence-corrected chi connectivity index (χ0v) is 17.8. The molecule has 1 aliphatic rings. The van der Waals surface area contributed by atoms with Crippen LogP contribution in [0.3, 0.4) is 0 Å². The van der Waals surface area contributed by atoms with Crippen molar-refractivity contribution in [2.24, 2.45) is 0 Å². The maximum Gasteiger partial charge on any atom is 0.264 e. The van der Waals surface area contributed by atoms with Crippen LogP contribution >= 0.6 is 11.6 Å². The fourth-order valence-corrected chi connectivity index (χ4v) is 4.54. The lowest BCUT2D eigenvalue weighted by Gasteiger charge is -2.14. The minimum Gasteiger partial charge on any atom is -0.497 e. The molecule has 4 rings (SSSR count). The SMILES string of the molecule is COc1ccc(S(=O)(=O)Nc2ccc(Cl)c3c2C(=O)N(Cc2cccnc2)C3=O)cc1. The number of nitrogens with zero attached hydrogens (tertiary/aromatic N) is 2. The van der Waals surface area contributed by atoms with Crippen LogP contribution in [0.15, 0.2) is 65.8 Å². The summed E-state index contributed by atoms with van der Waals surface area (Å²) >= 11 is 6.19. The summed E-state index contributed by atoms with van der Waals surface area (Å²) in [5, 5.41) is 0.0643. The molecule has 2 heterocycles. The van der Waals surface area contributed by atoms with Crippen LogP contribution in [0.2, 0.25) is 5.02 Å². The number of carbonyl (C=O) groups is 2. The molecule has 0 bridgehead atoms. The molecule has 1 aromatic heterocycles. The van der Waals surface area contributed by atoms with Gasteiger partial charge in [0.2, 0.25) is 0 Å². The largest absolute Gasteiger partial charge is 0.497 e. The van der Waals surface area contributed by atoms with Crippen molar-refractivity contribution in [3.8, 4) is 5.75 Å². The zero-order valence-electron chi connectivity index (χ0n) is 16.2. The van der Waals surface area contributed by atoms with E-state index < -0.39 is 21.8 Å². The van der Waals surface area contributed by atoms with Crippen molar-refractivity contribution in [2.45, 2.75) is 11.4 Å². The van der Waals surface area contributed by atoms with Gasteiger partial charge in [-0.05, 0) is 48.0 Å². The number of rotatable bonds is 6. The minimum absolute atomic E-state index is 0.0127. The van der Waals surface area contributed by atoms with Gasteiger partial charge < -0.3 is 4.74 Å². The van der Waals surface area contributed by atoms with E-state index in [0.29, 0.717) is 11.3 Å². The number of amides is 2. The zero-order chi connectivity index (χ0) is 22.2. The number of methoxy groups -OCH3 is 1. The Balaban J connectivity index is 1.70. The molecule has 2 aromatic carbocycles. The summed E-state index contributed by atoms with van der Waals surface area (Å²) in [5.41, 5.74) is 0.500. The Hall–Kier alpha value is -3.43. The summed E-state index contributed by atoms with van der Waals surface area (Å²) in [6, 6.07) is 11.9. The molecule has 0 spiro atoms. The number of anilines is 1. The van der Waals surface area contributed by atoms with E-state index in [0.717, 1.165) is 4.90 Å². The Morgan fingerprint density at radius 2 is 1.74 bits per heavy atom. The average molecular weight is 458 g/mol. The van der Waals surface area contributed by atoms with E-state index in [2.05, 4.69) is 9.71 Å². The highest BCUT2D eigenvalue weighted by Crippen LogP contribution is 2.36. The van der Waals surface area contributed by atoms with Crippen LogP contribution in [0, 0.1) is 0 Å². The highest BCUT2D eigenvalue weighted by Gasteiger charge is 2.40. The summed E-state index contributed by atoms with van der Waals surface area (Å²) in [5.74, 6) is -0.740. The number of ether oxygens (including phenoxy) is 1. The van der Waals surface area contributed by atoms with Crippen molar-refractivity contribution in [3.05, 3.63) is 82.6 Å². The van der Waals surface area contributed by atoms with E-state index in [4.69, 9.17) is 16.3 Å². The molecule has 0 saturated carbocycles. The lowest BCUT2D eigenvalue weighted by molar-refractivity contribution is 0.0642. The Morgan fingerprint density at radius 3 is 2.39 bits per heavy atom. The van der Waals surface area contributed by atoms with Crippen LogP contribution in [-0.4, -0.2) is 37.2 Å². The fraction of sp³-hybridized carbons (Fsp3) is 0.0952. The highest BCUT2D eigenvalue weighted by molar-refractivity contribution is 7.92. The van der Waals surface area contributed by atoms with Crippen LogP contribution in [0.4, 0.5) is 5.69 Å². The van der Waals surface area contributed by atoms with Gasteiger partial charge in [-0.2, -0.15) is 0 Å². The summed E-state index contributed by atoms with van der Waals surface area (Å²) in [4.78, 5) is 30.9. The van der Waals surface area contributed by atoms with Gasteiger partial charge in [0.05, 0.1) is 40.4 Å². The molecule has 0 atom stereocenters. The maximum absolute atomic E-state index is 13.1. The smallest absolute Gasteiger partial charge is 0.264 e. The van der Waals surface area contributed by atoms with E-state index in [1.165, 1.54) is 43.5 Å². The number of pyridine rings is 1. The molecule has 2 amide bonds. The first-order chi connectivity index (χ1) is 14.8. The van der Waals surface area contributed by atoms with Crippen LogP contribution < -0.4 is 9.46 Å². The van der Waals surface area contributed by atoms with Crippen molar-refractivity contribution in [1.82, 2.24) is 9.88 Å². The Kier molecular flexibility index (Phi) is 5.38. The van der Waals surface area contributed by atoms with Crippen molar-refractivity contribution in [1.29, 1.82) is 0 Å². The number of aromatic nitrogens is 1. The van der Waals surface area contributed by atoms with E-state index in [9.17, 15) is 18.0 Å². The van der Waals surface area contributed by atoms with Gasteiger partial charge in [0.15, 0.2) is 0 Å². The summed E-state index contributed by atoms with van der Waals surface area (Å²) < 4.78 is 33.1. The number of imide groups is 1. The second kappa shape index (κ2) is 8.01. The number of halogens is 1. The molecular weight excluding hydrogens is 442 g/mol. The Bertz CT molecular complexity index is 1280. The number of hydrogen-bond acceptors (Lipinski definition) is 6. The van der Waals surface area contributed by atoms with Gasteiger partial charge in [0.25, 0.3) is 21.8 Å². The molecule has 10 heteroatoms. The van der Waals surface area contributed by atoms with Gasteiger partial charge in [0, 0.05) is 12.4 Å². The van der Waals surface area contributed by atoms with Gasteiger partial charge in [-0.3, -0.25) is 24.2 Å². The third-order valence-electron chi connectivity index (χ3n) is 4.75. The quantitative estimate of drug-likeness (QED) is 0.569. The van der Waals surface area contributed by atoms with Gasteiger partial charge in [-0.15, -0.1) is 0 Å². The summed E-state index contributed by atoms with van der Waals surface area (Å²) in [7, 11) is -2.56. The number of carbonyl (C=O) groups excluding carboxylic acids is 2. The van der Waals surface area contributed by atoms with E-state index in [-0.39, 0.29) is 33.3 Å². The summed E-state index contributed by atoms with van der Waals surface area (Å²) in [6.07, 6.45) is 3.12. The number of benzene rings is 2. The standard InChI is InChI=1S/C21H16ClN3O5S/c1-30-14-4-6-15(7-5-14)31(28,29)24-17-9-8-16(22)18-19(17)21(27)25(20(18)26)12-13-3-2-10-23-11-13/h2-11,24H,12H2,1H3. The molecule has 0 aliphatic carbocycles. The molecule has 0 radical (unpaired) electrons. The molecule has 31 heavy (non-hydrogen) atoms. The third kappa shape index (κ3) is 3.85. The molecule has 1 N–H and O–H groups in total. The summed E-state index contributed by atoms with van der Waals surface area (Å²) in [6.45, 7) is -0.0127. The van der Waals surface area contributed by atoms with Crippen LogP contribution in [0.1, 0.15) is 26.3 Å². The molecular formula is C21H16ClN3O5S. The Labute approximate surface area is 183 Å². The van der Waals surface area contributed by atoms with E-state index in [1.807, 2.05) is 0 Å². The maximum atomic E-state index is 13.1. The van der Waals surface area contributed by atoms with Crippen LogP contribution in [0.5, 0.6) is 5.75 Å². The predicted molar refractivity (Wildman–Crippen MR) is 114 cm³/mol. The van der Waals surface area contributed by atoms with Crippen molar-refractivity contribution in [2.75, 3.05) is 11.8 Å². The second-order valence-electron chi connectivity index (χ2n) is 6.68. The second-order valence-corrected chi connectivity index (χ2v) is 8.77. The first-order valence-corrected chi connectivity index (χ1v) is 10.9. The molecule has 158 valence electrons. The first kappa shape index (κ1) is 20.8. The normalized spacial score (nSPS) is 13.3. The molecule has 0 unspecified atom stereocenters. The molecule has 3 aromatic rings. The van der Waals surface area contributed by atoms with E-state index in [1.54, 1.807) is 24.5 Å². The predicted octanol–water partition coefficient (Wildman–Crippen LogP) is 3.34. The van der Waals surface area contributed by atoms with Crippen LogP contribution in [0.25, 0.3) is 0 Å². The lowest BCUT2D eigenvalue weighted by Crippen LogP contribution is -2.29. The Morgan fingerprint density at radius 1 is 1.03 bits per heavy atom. The lowest BCUT2D eigenvalue weighted by atomic mass is 10.1. The molecule has 0 saturated heterocycles. The van der Waals surface area contributed by atoms with Gasteiger partial charge in [0.1, 0.15) is 5.75 Å². The molecule has 1 aliphatic heterocycles. The third-order valence-corrected chi connectivity index (χ3v) is 6.45. The minimum atomic E-state index is -4.03. The number of sulfonamides is 1. The van der Waals surface area contributed by atoms with E-state index >= 15 is 0 Å². The van der Waals surface area contributed by atoms with Gasteiger partial charge in [-0.1, -0.05) is 17.7 Å².